The number of rotatable bonds is 8. The van der Waals surface area contributed by atoms with Crippen LogP contribution in [-0.2, 0) is 26.0 Å². The predicted molar refractivity (Wildman–Crippen MR) is 153 cm³/mol. The van der Waals surface area contributed by atoms with E-state index < -0.39 is 22.0 Å². The van der Waals surface area contributed by atoms with Gasteiger partial charge in [0.05, 0.1) is 31.8 Å². The van der Waals surface area contributed by atoms with Gasteiger partial charge in [0.1, 0.15) is 5.70 Å². The topological polar surface area (TPSA) is 82.1 Å². The van der Waals surface area contributed by atoms with Gasteiger partial charge in [-0.1, -0.05) is 60.2 Å². The number of ether oxygens (including phenoxy) is 3. The molecule has 2 aliphatic rings. The minimum absolute atomic E-state index is 0.00835. The molecule has 5 rings (SSSR count). The van der Waals surface area contributed by atoms with Gasteiger partial charge in [0.25, 0.3) is 10.0 Å². The number of benzene rings is 3. The first-order valence-electron chi connectivity index (χ1n) is 13.3. The first-order chi connectivity index (χ1) is 19.3. The molecule has 0 fully saturated rings. The number of fused-ring (bicyclic) bond motifs is 3. The minimum Gasteiger partial charge on any atom is -0.493 e. The monoisotopic (exact) mass is 559 g/mol. The van der Waals surface area contributed by atoms with Gasteiger partial charge in [0.2, 0.25) is 0 Å². The highest BCUT2D eigenvalue weighted by Gasteiger charge is 2.50. The summed E-state index contributed by atoms with van der Waals surface area (Å²) in [7, 11) is -1.02. The van der Waals surface area contributed by atoms with Crippen molar-refractivity contribution in [1.29, 1.82) is 0 Å². The standard InChI is InChI=1S/C32H33NO6S/c1-5-39-32(34)28-18-23(14-13-22-9-7-6-8-10-22)26-17-24-19-29(37-3)30(38-4)20-27(24)31(26)33(28)40(35,36)25-15-11-21(2)12-16-25/h6-16,18-20,23,26,31H,5,17H2,1-4H3/b14-13+/t23-,26+,31-/m0/s1. The van der Waals surface area contributed by atoms with E-state index in [1.165, 1.54) is 4.31 Å². The lowest BCUT2D eigenvalue weighted by atomic mass is 9.82. The molecule has 40 heavy (non-hydrogen) atoms. The Labute approximate surface area is 235 Å². The van der Waals surface area contributed by atoms with Crippen molar-refractivity contribution in [3.8, 4) is 11.5 Å². The molecule has 8 heteroatoms. The molecule has 3 aromatic carbocycles. The third kappa shape index (κ3) is 4.99. The van der Waals surface area contributed by atoms with Gasteiger partial charge < -0.3 is 14.2 Å². The van der Waals surface area contributed by atoms with Gasteiger partial charge in [0, 0.05) is 5.92 Å². The molecule has 0 amide bonds. The van der Waals surface area contributed by atoms with E-state index in [9.17, 15) is 13.2 Å². The van der Waals surface area contributed by atoms with Gasteiger partial charge in [-0.3, -0.25) is 4.31 Å². The van der Waals surface area contributed by atoms with Gasteiger partial charge in [-0.15, -0.1) is 0 Å². The first kappa shape index (κ1) is 27.5. The van der Waals surface area contributed by atoms with E-state index in [1.54, 1.807) is 51.5 Å². The van der Waals surface area contributed by atoms with Crippen LogP contribution >= 0.6 is 0 Å². The van der Waals surface area contributed by atoms with E-state index >= 15 is 0 Å². The van der Waals surface area contributed by atoms with Crippen molar-refractivity contribution in [2.75, 3.05) is 20.8 Å². The number of carbonyl (C=O) groups excluding carboxylic acids is 1. The largest absolute Gasteiger partial charge is 0.493 e. The summed E-state index contributed by atoms with van der Waals surface area (Å²) >= 11 is 0. The van der Waals surface area contributed by atoms with Crippen LogP contribution in [0.4, 0.5) is 0 Å². The van der Waals surface area contributed by atoms with Crippen LogP contribution in [0.3, 0.4) is 0 Å². The fraction of sp³-hybridized carbons (Fsp3) is 0.281. The maximum Gasteiger partial charge on any atom is 0.355 e. The Morgan fingerprint density at radius 3 is 2.33 bits per heavy atom. The molecule has 0 N–H and O–H groups in total. The molecule has 0 spiro atoms. The maximum atomic E-state index is 14.3. The smallest absolute Gasteiger partial charge is 0.355 e. The molecule has 0 saturated heterocycles. The normalized spacial score (nSPS) is 20.1. The fourth-order valence-corrected chi connectivity index (χ4v) is 7.28. The summed E-state index contributed by atoms with van der Waals surface area (Å²) in [5.41, 5.74) is 3.69. The summed E-state index contributed by atoms with van der Waals surface area (Å²) < 4.78 is 46.5. The summed E-state index contributed by atoms with van der Waals surface area (Å²) in [6.45, 7) is 3.72. The van der Waals surface area contributed by atoms with Crippen LogP contribution in [0.2, 0.25) is 0 Å². The Morgan fingerprint density at radius 2 is 1.68 bits per heavy atom. The molecule has 7 nitrogen and oxygen atoms in total. The second-order valence-electron chi connectivity index (χ2n) is 9.95. The Hall–Kier alpha value is -4.04. The van der Waals surface area contributed by atoms with Crippen LogP contribution < -0.4 is 9.47 Å². The zero-order valence-electron chi connectivity index (χ0n) is 23.0. The average Bonchev–Trinajstić information content (AvgIpc) is 3.33. The van der Waals surface area contributed by atoms with Crippen LogP contribution in [0.15, 0.2) is 89.5 Å². The number of nitrogens with zero attached hydrogens (tertiary/aromatic N) is 1. The maximum absolute atomic E-state index is 14.3. The summed E-state index contributed by atoms with van der Waals surface area (Å²) in [4.78, 5) is 13.5. The van der Waals surface area contributed by atoms with E-state index in [4.69, 9.17) is 14.2 Å². The lowest BCUT2D eigenvalue weighted by Gasteiger charge is -2.41. The quantitative estimate of drug-likeness (QED) is 0.329. The summed E-state index contributed by atoms with van der Waals surface area (Å²) in [5.74, 6) is -0.0201. The van der Waals surface area contributed by atoms with Crippen LogP contribution in [-0.4, -0.2) is 39.5 Å². The first-order valence-corrected chi connectivity index (χ1v) is 14.7. The summed E-state index contributed by atoms with van der Waals surface area (Å²) in [6.07, 6.45) is 6.39. The van der Waals surface area contributed by atoms with Gasteiger partial charge in [-0.25, -0.2) is 13.2 Å². The van der Waals surface area contributed by atoms with E-state index in [2.05, 4.69) is 0 Å². The number of carbonyl (C=O) groups is 1. The zero-order valence-corrected chi connectivity index (χ0v) is 23.9. The Bertz CT molecular complexity index is 1560. The third-order valence-electron chi connectivity index (χ3n) is 7.53. The molecule has 0 unspecified atom stereocenters. The fourth-order valence-electron chi connectivity index (χ4n) is 5.61. The van der Waals surface area contributed by atoms with E-state index in [-0.39, 0.29) is 29.0 Å². The van der Waals surface area contributed by atoms with E-state index in [0.717, 1.165) is 22.3 Å². The van der Waals surface area contributed by atoms with E-state index in [1.807, 2.05) is 61.5 Å². The van der Waals surface area contributed by atoms with Crippen LogP contribution in [0.5, 0.6) is 11.5 Å². The Kier molecular flexibility index (Phi) is 7.72. The molecule has 0 radical (unpaired) electrons. The molecule has 0 saturated carbocycles. The highest BCUT2D eigenvalue weighted by molar-refractivity contribution is 7.89. The molecule has 1 aliphatic carbocycles. The molecule has 3 aromatic rings. The summed E-state index contributed by atoms with van der Waals surface area (Å²) in [5, 5.41) is 0. The van der Waals surface area contributed by atoms with E-state index in [0.29, 0.717) is 17.9 Å². The van der Waals surface area contributed by atoms with Gasteiger partial charge in [-0.05, 0) is 73.2 Å². The molecular formula is C32H33NO6S. The third-order valence-corrected chi connectivity index (χ3v) is 9.34. The molecule has 0 bridgehead atoms. The summed E-state index contributed by atoms with van der Waals surface area (Å²) in [6, 6.07) is 19.6. The van der Waals surface area contributed by atoms with Gasteiger partial charge in [-0.2, -0.15) is 0 Å². The van der Waals surface area contributed by atoms with Crippen LogP contribution in [0.1, 0.15) is 35.2 Å². The Balaban J connectivity index is 1.72. The predicted octanol–water partition coefficient (Wildman–Crippen LogP) is 5.71. The molecule has 1 aliphatic heterocycles. The van der Waals surface area contributed by atoms with Crippen molar-refractivity contribution in [1.82, 2.24) is 4.31 Å². The molecule has 1 heterocycles. The molecule has 3 atom stereocenters. The van der Waals surface area contributed by atoms with Crippen molar-refractivity contribution in [3.63, 3.8) is 0 Å². The van der Waals surface area contributed by atoms with Crippen LogP contribution in [0, 0.1) is 18.8 Å². The SMILES string of the molecule is CCOC(=O)C1=C[C@H](/C=C/c2ccccc2)[C@H]2Cc3cc(OC)c(OC)cc3[C@H]2N1S(=O)(=O)c1ccc(C)cc1. The van der Waals surface area contributed by atoms with Gasteiger partial charge >= 0.3 is 5.97 Å². The minimum atomic E-state index is -4.15. The van der Waals surface area contributed by atoms with Crippen molar-refractivity contribution in [2.45, 2.75) is 31.2 Å². The number of aryl methyl sites for hydroxylation is 1. The van der Waals surface area contributed by atoms with Gasteiger partial charge in [0.15, 0.2) is 11.5 Å². The number of esters is 1. The van der Waals surface area contributed by atoms with Crippen molar-refractivity contribution in [2.24, 2.45) is 11.8 Å². The Morgan fingerprint density at radius 1 is 1.00 bits per heavy atom. The highest BCUT2D eigenvalue weighted by Crippen LogP contribution is 2.53. The zero-order chi connectivity index (χ0) is 28.4. The molecular weight excluding hydrogens is 526 g/mol. The van der Waals surface area contributed by atoms with Crippen molar-refractivity contribution in [3.05, 3.63) is 107 Å². The number of methoxy groups -OCH3 is 2. The van der Waals surface area contributed by atoms with Crippen LogP contribution in [0.25, 0.3) is 6.08 Å². The second kappa shape index (κ2) is 11.2. The average molecular weight is 560 g/mol. The number of sulfonamides is 1. The number of hydrogen-bond acceptors (Lipinski definition) is 6. The lowest BCUT2D eigenvalue weighted by Crippen LogP contribution is -2.44. The highest BCUT2D eigenvalue weighted by atomic mass is 32.2. The molecule has 208 valence electrons. The van der Waals surface area contributed by atoms with Crippen molar-refractivity contribution >= 4 is 22.1 Å². The second-order valence-corrected chi connectivity index (χ2v) is 11.8. The lowest BCUT2D eigenvalue weighted by molar-refractivity contribution is -0.140. The van der Waals surface area contributed by atoms with Crippen molar-refractivity contribution < 1.29 is 27.4 Å². The number of hydrogen-bond donors (Lipinski definition) is 0. The molecule has 0 aromatic heterocycles. The number of allylic oxidation sites excluding steroid dienone is 2.